The van der Waals surface area contributed by atoms with Crippen molar-refractivity contribution in [2.24, 2.45) is 5.14 Å². The maximum Gasteiger partial charge on any atom is 0.238 e. The molecule has 0 spiro atoms. The second-order valence-corrected chi connectivity index (χ2v) is 9.77. The van der Waals surface area contributed by atoms with Gasteiger partial charge in [0, 0.05) is 23.8 Å². The van der Waals surface area contributed by atoms with Crippen molar-refractivity contribution in [1.29, 1.82) is 0 Å². The van der Waals surface area contributed by atoms with Crippen molar-refractivity contribution in [3.8, 4) is 28.3 Å². The van der Waals surface area contributed by atoms with Gasteiger partial charge in [-0.25, -0.2) is 18.5 Å². The number of nitrogens with zero attached hydrogens (tertiary/aromatic N) is 2. The SMILES string of the molecule is COCCOc1cc(-c2ccccc2S(N)(=O)=O)ccc1Cn1c(-c2ccccc2)nc(Cl)c1C=O. The van der Waals surface area contributed by atoms with Gasteiger partial charge >= 0.3 is 0 Å². The van der Waals surface area contributed by atoms with Crippen molar-refractivity contribution in [2.75, 3.05) is 20.3 Å². The van der Waals surface area contributed by atoms with Crippen LogP contribution in [0.4, 0.5) is 0 Å². The molecule has 0 aliphatic carbocycles. The number of carbonyl (C=O) groups excluding carboxylic acids is 1. The average molecular weight is 526 g/mol. The van der Waals surface area contributed by atoms with Crippen LogP contribution in [0, 0.1) is 0 Å². The van der Waals surface area contributed by atoms with E-state index in [-0.39, 0.29) is 28.9 Å². The van der Waals surface area contributed by atoms with Crippen molar-refractivity contribution >= 4 is 27.9 Å². The molecule has 8 nitrogen and oxygen atoms in total. The summed E-state index contributed by atoms with van der Waals surface area (Å²) >= 11 is 6.29. The third-order valence-electron chi connectivity index (χ3n) is 5.55. The summed E-state index contributed by atoms with van der Waals surface area (Å²) in [5, 5.41) is 5.54. The summed E-state index contributed by atoms with van der Waals surface area (Å²) in [6.45, 7) is 0.848. The molecule has 2 N–H and O–H groups in total. The first-order chi connectivity index (χ1) is 17.3. The van der Waals surface area contributed by atoms with E-state index in [1.807, 2.05) is 36.4 Å². The molecular formula is C26H24ClN3O5S. The minimum Gasteiger partial charge on any atom is -0.491 e. The highest BCUT2D eigenvalue weighted by Gasteiger charge is 2.20. The molecule has 4 aromatic rings. The van der Waals surface area contributed by atoms with Gasteiger partial charge in [0.15, 0.2) is 11.4 Å². The van der Waals surface area contributed by atoms with Gasteiger partial charge in [0.1, 0.15) is 23.9 Å². The number of hydrogen-bond donors (Lipinski definition) is 1. The first-order valence-corrected chi connectivity index (χ1v) is 12.9. The molecule has 0 aliphatic rings. The number of imidazole rings is 1. The normalized spacial score (nSPS) is 11.4. The predicted octanol–water partition coefficient (Wildman–Crippen LogP) is 4.40. The minimum atomic E-state index is -3.94. The van der Waals surface area contributed by atoms with E-state index in [1.54, 1.807) is 42.0 Å². The summed E-state index contributed by atoms with van der Waals surface area (Å²) in [6.07, 6.45) is 0.671. The van der Waals surface area contributed by atoms with Crippen LogP contribution in [0.2, 0.25) is 5.15 Å². The number of aldehydes is 1. The monoisotopic (exact) mass is 525 g/mol. The van der Waals surface area contributed by atoms with Crippen LogP contribution in [0.5, 0.6) is 5.75 Å². The molecule has 1 aromatic heterocycles. The molecule has 0 fully saturated rings. The number of carbonyl (C=O) groups is 1. The van der Waals surface area contributed by atoms with Gasteiger partial charge in [-0.1, -0.05) is 72.3 Å². The van der Waals surface area contributed by atoms with E-state index >= 15 is 0 Å². The molecule has 4 rings (SSSR count). The lowest BCUT2D eigenvalue weighted by Gasteiger charge is -2.17. The molecular weight excluding hydrogens is 502 g/mol. The first kappa shape index (κ1) is 25.6. The zero-order chi connectivity index (χ0) is 25.7. The summed E-state index contributed by atoms with van der Waals surface area (Å²) in [4.78, 5) is 16.3. The number of sulfonamides is 1. The Hall–Kier alpha value is -3.50. The Balaban J connectivity index is 1.82. The molecule has 0 aliphatic heterocycles. The fourth-order valence-corrected chi connectivity index (χ4v) is 4.85. The number of ether oxygens (including phenoxy) is 2. The Morgan fingerprint density at radius 3 is 2.42 bits per heavy atom. The van der Waals surface area contributed by atoms with Crippen molar-refractivity contribution in [3.05, 3.63) is 89.2 Å². The average Bonchev–Trinajstić information content (AvgIpc) is 3.19. The van der Waals surface area contributed by atoms with Gasteiger partial charge in [0.2, 0.25) is 10.0 Å². The zero-order valence-corrected chi connectivity index (χ0v) is 21.0. The smallest absolute Gasteiger partial charge is 0.238 e. The van der Waals surface area contributed by atoms with E-state index in [9.17, 15) is 13.2 Å². The number of methoxy groups -OCH3 is 1. The van der Waals surface area contributed by atoms with Gasteiger partial charge in [0.05, 0.1) is 18.0 Å². The topological polar surface area (TPSA) is 114 Å². The Morgan fingerprint density at radius 1 is 1.00 bits per heavy atom. The number of rotatable bonds is 10. The molecule has 10 heteroatoms. The highest BCUT2D eigenvalue weighted by Crippen LogP contribution is 2.33. The summed E-state index contributed by atoms with van der Waals surface area (Å²) in [5.74, 6) is 1.03. The minimum absolute atomic E-state index is 0.0107. The molecule has 186 valence electrons. The van der Waals surface area contributed by atoms with E-state index in [4.69, 9.17) is 26.2 Å². The molecule has 36 heavy (non-hydrogen) atoms. The molecule has 0 saturated heterocycles. The fraction of sp³-hybridized carbons (Fsp3) is 0.154. The number of aromatic nitrogens is 2. The number of benzene rings is 3. The standard InChI is InChI=1S/C26H24ClN3O5S/c1-34-13-14-35-23-15-19(21-9-5-6-10-24(21)36(28,32)33)11-12-20(23)16-30-22(17-31)25(27)29-26(30)18-7-3-2-4-8-18/h2-12,15,17H,13-14,16H2,1H3,(H2,28,32,33). The third-order valence-corrected chi connectivity index (χ3v) is 6.80. The summed E-state index contributed by atoms with van der Waals surface area (Å²) in [5.41, 5.74) is 2.83. The Kier molecular flexibility index (Phi) is 7.85. The second kappa shape index (κ2) is 11.0. The highest BCUT2D eigenvalue weighted by atomic mass is 35.5. The molecule has 0 atom stereocenters. The number of hydrogen-bond acceptors (Lipinski definition) is 6. The quantitative estimate of drug-likeness (QED) is 0.242. The Labute approximate surface area is 214 Å². The molecule has 0 amide bonds. The largest absolute Gasteiger partial charge is 0.491 e. The van der Waals surface area contributed by atoms with Crippen molar-refractivity contribution in [3.63, 3.8) is 0 Å². The van der Waals surface area contributed by atoms with E-state index in [1.165, 1.54) is 6.07 Å². The van der Waals surface area contributed by atoms with Gasteiger partial charge in [0.25, 0.3) is 0 Å². The van der Waals surface area contributed by atoms with Crippen LogP contribution in [0.3, 0.4) is 0 Å². The Morgan fingerprint density at radius 2 is 1.72 bits per heavy atom. The number of primary sulfonamides is 1. The lowest BCUT2D eigenvalue weighted by molar-refractivity contribution is 0.111. The first-order valence-electron chi connectivity index (χ1n) is 11.0. The molecule has 1 heterocycles. The summed E-state index contributed by atoms with van der Waals surface area (Å²) in [6, 6.07) is 21.2. The molecule has 0 unspecified atom stereocenters. The van der Waals surface area contributed by atoms with E-state index in [2.05, 4.69) is 4.98 Å². The van der Waals surface area contributed by atoms with Crippen LogP contribution in [0.25, 0.3) is 22.5 Å². The summed E-state index contributed by atoms with van der Waals surface area (Å²) < 4.78 is 37.1. The highest BCUT2D eigenvalue weighted by molar-refractivity contribution is 7.89. The van der Waals surface area contributed by atoms with Gasteiger partial charge in [-0.3, -0.25) is 4.79 Å². The van der Waals surface area contributed by atoms with Crippen molar-refractivity contribution in [2.45, 2.75) is 11.4 Å². The predicted molar refractivity (Wildman–Crippen MR) is 138 cm³/mol. The van der Waals surface area contributed by atoms with Crippen molar-refractivity contribution < 1.29 is 22.7 Å². The Bertz CT molecular complexity index is 1490. The molecule has 0 bridgehead atoms. The van der Waals surface area contributed by atoms with Crippen molar-refractivity contribution in [1.82, 2.24) is 9.55 Å². The van der Waals surface area contributed by atoms with Crippen LogP contribution in [-0.4, -0.2) is 44.6 Å². The van der Waals surface area contributed by atoms with E-state index in [0.29, 0.717) is 35.6 Å². The van der Waals surface area contributed by atoms with Crippen LogP contribution in [0.15, 0.2) is 77.7 Å². The maximum absolute atomic E-state index is 12.2. The zero-order valence-electron chi connectivity index (χ0n) is 19.4. The van der Waals surface area contributed by atoms with E-state index in [0.717, 1.165) is 11.1 Å². The van der Waals surface area contributed by atoms with Crippen LogP contribution >= 0.6 is 11.6 Å². The van der Waals surface area contributed by atoms with Gasteiger partial charge in [-0.05, 0) is 17.7 Å². The second-order valence-electron chi connectivity index (χ2n) is 7.89. The third kappa shape index (κ3) is 5.50. The number of nitrogens with two attached hydrogens (primary N) is 1. The fourth-order valence-electron chi connectivity index (χ4n) is 3.86. The van der Waals surface area contributed by atoms with Gasteiger partial charge < -0.3 is 14.0 Å². The van der Waals surface area contributed by atoms with Gasteiger partial charge in [-0.2, -0.15) is 0 Å². The maximum atomic E-state index is 12.2. The molecule has 3 aromatic carbocycles. The lowest BCUT2D eigenvalue weighted by Crippen LogP contribution is -2.13. The molecule has 0 saturated carbocycles. The van der Waals surface area contributed by atoms with Crippen LogP contribution in [0.1, 0.15) is 16.1 Å². The van der Waals surface area contributed by atoms with E-state index < -0.39 is 10.0 Å². The van der Waals surface area contributed by atoms with Gasteiger partial charge in [-0.15, -0.1) is 0 Å². The lowest BCUT2D eigenvalue weighted by atomic mass is 10.0. The number of halogens is 1. The van der Waals surface area contributed by atoms with Crippen LogP contribution in [-0.2, 0) is 21.3 Å². The van der Waals surface area contributed by atoms with Crippen LogP contribution < -0.4 is 9.88 Å². The molecule has 0 radical (unpaired) electrons. The summed E-state index contributed by atoms with van der Waals surface area (Å²) in [7, 11) is -2.37.